The van der Waals surface area contributed by atoms with Crippen molar-refractivity contribution in [2.45, 2.75) is 19.3 Å². The van der Waals surface area contributed by atoms with Crippen molar-refractivity contribution in [1.82, 2.24) is 0 Å². The Morgan fingerprint density at radius 1 is 1.04 bits per heavy atom. The molecule has 4 rings (SSSR count). The third kappa shape index (κ3) is 2.87. The third-order valence-corrected chi connectivity index (χ3v) is 5.00. The van der Waals surface area contributed by atoms with Crippen LogP contribution < -0.4 is 10.3 Å². The first-order valence-corrected chi connectivity index (χ1v) is 8.82. The van der Waals surface area contributed by atoms with Gasteiger partial charge < -0.3 is 14.4 Å². The fourth-order valence-electron chi connectivity index (χ4n) is 3.41. The second kappa shape index (κ2) is 6.45. The van der Waals surface area contributed by atoms with Crippen LogP contribution in [-0.2, 0) is 0 Å². The van der Waals surface area contributed by atoms with Gasteiger partial charge in [0.15, 0.2) is 11.0 Å². The van der Waals surface area contributed by atoms with Crippen molar-refractivity contribution in [3.63, 3.8) is 0 Å². The van der Waals surface area contributed by atoms with Crippen LogP contribution in [0.4, 0.5) is 5.69 Å². The van der Waals surface area contributed by atoms with Crippen LogP contribution in [-0.4, -0.2) is 18.2 Å². The molecule has 0 aliphatic carbocycles. The van der Waals surface area contributed by atoms with Gasteiger partial charge >= 0.3 is 0 Å². The summed E-state index contributed by atoms with van der Waals surface area (Å²) in [6, 6.07) is 12.0. The largest absolute Gasteiger partial charge is 0.507 e. The summed E-state index contributed by atoms with van der Waals surface area (Å²) in [4.78, 5) is 14.9. The van der Waals surface area contributed by atoms with E-state index in [1.54, 1.807) is 12.1 Å². The van der Waals surface area contributed by atoms with Gasteiger partial charge in [-0.15, -0.1) is 0 Å². The summed E-state index contributed by atoms with van der Waals surface area (Å²) in [6.45, 7) is 1.83. The zero-order valence-electron chi connectivity index (χ0n) is 13.7. The molecule has 0 bridgehead atoms. The predicted molar refractivity (Wildman–Crippen MR) is 101 cm³/mol. The number of benzene rings is 2. The molecule has 1 fully saturated rings. The molecule has 0 atom stereocenters. The number of anilines is 1. The number of hydrogen-bond donors (Lipinski definition) is 1. The van der Waals surface area contributed by atoms with Crippen molar-refractivity contribution in [2.24, 2.45) is 0 Å². The summed E-state index contributed by atoms with van der Waals surface area (Å²) in [6.07, 6.45) is 3.43. The third-order valence-electron chi connectivity index (χ3n) is 4.67. The maximum Gasteiger partial charge on any atom is 0.197 e. The van der Waals surface area contributed by atoms with E-state index in [0.29, 0.717) is 21.9 Å². The van der Waals surface area contributed by atoms with Gasteiger partial charge in [0.25, 0.3) is 0 Å². The van der Waals surface area contributed by atoms with E-state index in [1.165, 1.54) is 12.5 Å². The van der Waals surface area contributed by atoms with Gasteiger partial charge in [-0.05, 0) is 43.5 Å². The maximum atomic E-state index is 12.7. The highest BCUT2D eigenvalue weighted by molar-refractivity contribution is 6.33. The summed E-state index contributed by atoms with van der Waals surface area (Å²) < 4.78 is 6.09. The van der Waals surface area contributed by atoms with Crippen LogP contribution in [0.5, 0.6) is 5.75 Å². The summed E-state index contributed by atoms with van der Waals surface area (Å²) >= 11 is 6.26. The molecule has 25 heavy (non-hydrogen) atoms. The fraction of sp³-hybridized carbons (Fsp3) is 0.250. The van der Waals surface area contributed by atoms with Gasteiger partial charge in [0.05, 0.1) is 10.7 Å². The molecule has 3 aromatic rings. The SMILES string of the molecule is O=c1cc(-c2ccccc2Cl)oc2c(N3CCCCC3)ccc(O)c12. The van der Waals surface area contributed by atoms with Crippen LogP contribution in [0, 0.1) is 0 Å². The molecule has 2 heterocycles. The number of phenols is 1. The Kier molecular flexibility index (Phi) is 4.14. The lowest BCUT2D eigenvalue weighted by Gasteiger charge is -2.29. The standard InChI is InChI=1S/C20H18ClNO3/c21-14-7-3-2-6-13(14)18-12-17(24)19-16(23)9-8-15(20(19)25-18)22-10-4-1-5-11-22/h2-3,6-9,12,23H,1,4-5,10-11H2. The van der Waals surface area contributed by atoms with E-state index in [0.717, 1.165) is 31.6 Å². The number of nitrogens with zero attached hydrogens (tertiary/aromatic N) is 1. The van der Waals surface area contributed by atoms with E-state index in [-0.39, 0.29) is 16.6 Å². The van der Waals surface area contributed by atoms with Crippen molar-refractivity contribution in [3.8, 4) is 17.1 Å². The Balaban J connectivity index is 1.97. The van der Waals surface area contributed by atoms with E-state index in [9.17, 15) is 9.90 Å². The monoisotopic (exact) mass is 355 g/mol. The average molecular weight is 356 g/mol. The van der Waals surface area contributed by atoms with Gasteiger partial charge in [-0.2, -0.15) is 0 Å². The van der Waals surface area contributed by atoms with Crippen LogP contribution in [0.25, 0.3) is 22.3 Å². The van der Waals surface area contributed by atoms with Crippen LogP contribution >= 0.6 is 11.6 Å². The lowest BCUT2D eigenvalue weighted by Crippen LogP contribution is -2.29. The topological polar surface area (TPSA) is 53.7 Å². The minimum absolute atomic E-state index is 0.0600. The van der Waals surface area contributed by atoms with Crippen LogP contribution in [0.1, 0.15) is 19.3 Å². The quantitative estimate of drug-likeness (QED) is 0.716. The van der Waals surface area contributed by atoms with Crippen molar-refractivity contribution >= 4 is 28.3 Å². The van der Waals surface area contributed by atoms with E-state index in [1.807, 2.05) is 24.3 Å². The second-order valence-corrected chi connectivity index (χ2v) is 6.72. The minimum atomic E-state index is -0.271. The zero-order chi connectivity index (χ0) is 17.4. The zero-order valence-corrected chi connectivity index (χ0v) is 14.4. The lowest BCUT2D eigenvalue weighted by molar-refractivity contribution is 0.479. The lowest BCUT2D eigenvalue weighted by atomic mass is 10.1. The number of piperidine rings is 1. The highest BCUT2D eigenvalue weighted by Crippen LogP contribution is 2.36. The first-order valence-electron chi connectivity index (χ1n) is 8.45. The molecule has 4 nitrogen and oxygen atoms in total. The molecule has 1 aliphatic heterocycles. The molecule has 1 aliphatic rings. The van der Waals surface area contributed by atoms with Gasteiger partial charge in [0.1, 0.15) is 16.9 Å². The molecule has 2 aromatic carbocycles. The highest BCUT2D eigenvalue weighted by Gasteiger charge is 2.20. The molecule has 1 saturated heterocycles. The Labute approximate surface area is 150 Å². The predicted octanol–water partition coefficient (Wildman–Crippen LogP) is 4.81. The molecule has 0 spiro atoms. The van der Waals surface area contributed by atoms with Gasteiger partial charge in [-0.25, -0.2) is 0 Å². The summed E-state index contributed by atoms with van der Waals surface area (Å²) in [7, 11) is 0. The molecular weight excluding hydrogens is 338 g/mol. The molecule has 0 unspecified atom stereocenters. The molecule has 1 N–H and O–H groups in total. The van der Waals surface area contributed by atoms with Gasteiger partial charge in [-0.3, -0.25) is 4.79 Å². The molecule has 0 amide bonds. The first-order chi connectivity index (χ1) is 12.1. The van der Waals surface area contributed by atoms with Crippen molar-refractivity contribution in [2.75, 3.05) is 18.0 Å². The number of halogens is 1. The van der Waals surface area contributed by atoms with Crippen molar-refractivity contribution < 1.29 is 9.52 Å². The second-order valence-electron chi connectivity index (χ2n) is 6.31. The summed E-state index contributed by atoms with van der Waals surface area (Å²) in [5.41, 5.74) is 1.66. The molecule has 5 heteroatoms. The first kappa shape index (κ1) is 16.0. The minimum Gasteiger partial charge on any atom is -0.507 e. The number of fused-ring (bicyclic) bond motifs is 1. The summed E-state index contributed by atoms with van der Waals surface area (Å²) in [5.74, 6) is 0.349. The number of rotatable bonds is 2. The smallest absolute Gasteiger partial charge is 0.197 e. The molecule has 1 aromatic heterocycles. The summed E-state index contributed by atoms with van der Waals surface area (Å²) in [5, 5.41) is 10.9. The van der Waals surface area contributed by atoms with E-state index >= 15 is 0 Å². The van der Waals surface area contributed by atoms with Gasteiger partial charge in [0, 0.05) is 24.7 Å². The highest BCUT2D eigenvalue weighted by atomic mass is 35.5. The van der Waals surface area contributed by atoms with Crippen LogP contribution in [0.3, 0.4) is 0 Å². The van der Waals surface area contributed by atoms with Crippen LogP contribution in [0.2, 0.25) is 5.02 Å². The maximum absolute atomic E-state index is 12.7. The molecule has 0 saturated carbocycles. The molecule has 0 radical (unpaired) electrons. The Morgan fingerprint density at radius 2 is 1.80 bits per heavy atom. The van der Waals surface area contributed by atoms with Gasteiger partial charge in [-0.1, -0.05) is 23.7 Å². The van der Waals surface area contributed by atoms with Crippen LogP contribution in [0.15, 0.2) is 51.7 Å². The van der Waals surface area contributed by atoms with E-state index in [4.69, 9.17) is 16.0 Å². The Bertz CT molecular complexity index is 990. The average Bonchev–Trinajstić information content (AvgIpc) is 2.62. The Hall–Kier alpha value is -2.46. The molecular formula is C20H18ClNO3. The van der Waals surface area contributed by atoms with Gasteiger partial charge in [0.2, 0.25) is 0 Å². The fourth-order valence-corrected chi connectivity index (χ4v) is 3.64. The van der Waals surface area contributed by atoms with Crippen molar-refractivity contribution in [3.05, 3.63) is 57.7 Å². The molecule has 128 valence electrons. The van der Waals surface area contributed by atoms with E-state index < -0.39 is 0 Å². The number of phenolic OH excluding ortho intramolecular Hbond substituents is 1. The van der Waals surface area contributed by atoms with Crippen molar-refractivity contribution in [1.29, 1.82) is 0 Å². The number of hydrogen-bond acceptors (Lipinski definition) is 4. The van der Waals surface area contributed by atoms with E-state index in [2.05, 4.69) is 4.90 Å². The normalized spacial score (nSPS) is 14.8. The Morgan fingerprint density at radius 3 is 2.56 bits per heavy atom. The number of aromatic hydroxyl groups is 1.